The minimum Gasteiger partial charge on any atom is -0.378 e. The highest BCUT2D eigenvalue weighted by molar-refractivity contribution is 5.07. The number of ether oxygens (including phenoxy) is 1. The third-order valence-electron chi connectivity index (χ3n) is 4.59. The van der Waals surface area contributed by atoms with Crippen molar-refractivity contribution in [3.05, 3.63) is 18.0 Å². The molecule has 0 spiro atoms. The van der Waals surface area contributed by atoms with Gasteiger partial charge in [-0.3, -0.25) is 4.68 Å². The average Bonchev–Trinajstić information content (AvgIpc) is 2.98. The van der Waals surface area contributed by atoms with Crippen molar-refractivity contribution in [3.8, 4) is 0 Å². The molecular weight excluding hydrogens is 262 g/mol. The summed E-state index contributed by atoms with van der Waals surface area (Å²) in [5.74, 6) is 0.680. The van der Waals surface area contributed by atoms with Gasteiger partial charge in [-0.25, -0.2) is 0 Å². The molecule has 0 aromatic carbocycles. The van der Waals surface area contributed by atoms with Crippen LogP contribution in [0.5, 0.6) is 0 Å². The molecule has 1 N–H and O–H groups in total. The molecule has 1 aromatic rings. The second kappa shape index (κ2) is 6.93. The number of hydrogen-bond donors (Lipinski definition) is 1. The lowest BCUT2D eigenvalue weighted by Gasteiger charge is -2.32. The van der Waals surface area contributed by atoms with Crippen molar-refractivity contribution < 1.29 is 4.74 Å². The highest BCUT2D eigenvalue weighted by Crippen LogP contribution is 2.37. The van der Waals surface area contributed by atoms with Crippen LogP contribution in [0.1, 0.15) is 52.8 Å². The van der Waals surface area contributed by atoms with E-state index in [0.717, 1.165) is 32.5 Å². The number of aromatic nitrogens is 2. The zero-order valence-electron chi connectivity index (χ0n) is 14.2. The Hall–Kier alpha value is -0.870. The van der Waals surface area contributed by atoms with Crippen LogP contribution in [0.2, 0.25) is 0 Å². The summed E-state index contributed by atoms with van der Waals surface area (Å²) in [7, 11) is 0. The Labute approximate surface area is 129 Å². The van der Waals surface area contributed by atoms with Crippen molar-refractivity contribution in [1.29, 1.82) is 0 Å². The van der Waals surface area contributed by atoms with E-state index >= 15 is 0 Å². The van der Waals surface area contributed by atoms with E-state index in [1.807, 2.05) is 4.68 Å². The van der Waals surface area contributed by atoms with Gasteiger partial charge in [0.15, 0.2) is 0 Å². The zero-order valence-corrected chi connectivity index (χ0v) is 14.2. The van der Waals surface area contributed by atoms with Gasteiger partial charge >= 0.3 is 0 Å². The number of hydrogen-bond acceptors (Lipinski definition) is 3. The van der Waals surface area contributed by atoms with Crippen LogP contribution in [-0.2, 0) is 11.2 Å². The smallest absolute Gasteiger partial charge is 0.0631 e. The Morgan fingerprint density at radius 1 is 1.43 bits per heavy atom. The fourth-order valence-corrected chi connectivity index (χ4v) is 3.08. The maximum absolute atomic E-state index is 5.88. The van der Waals surface area contributed by atoms with Gasteiger partial charge in [0.1, 0.15) is 0 Å². The highest BCUT2D eigenvalue weighted by Gasteiger charge is 2.41. The molecule has 0 amide bonds. The van der Waals surface area contributed by atoms with Crippen molar-refractivity contribution in [1.82, 2.24) is 15.1 Å². The van der Waals surface area contributed by atoms with Crippen LogP contribution in [0, 0.1) is 11.3 Å². The van der Waals surface area contributed by atoms with Crippen molar-refractivity contribution in [2.24, 2.45) is 11.3 Å². The van der Waals surface area contributed by atoms with E-state index in [0.29, 0.717) is 18.1 Å². The molecule has 120 valence electrons. The molecule has 4 nitrogen and oxygen atoms in total. The lowest BCUT2D eigenvalue weighted by Crippen LogP contribution is -2.42. The summed E-state index contributed by atoms with van der Waals surface area (Å²) in [6.07, 6.45) is 4.50. The second-order valence-corrected chi connectivity index (χ2v) is 7.21. The largest absolute Gasteiger partial charge is 0.378 e. The molecular formula is C17H31N3O. The molecule has 1 saturated heterocycles. The van der Waals surface area contributed by atoms with Crippen LogP contribution in [-0.4, -0.2) is 35.6 Å². The zero-order chi connectivity index (χ0) is 15.5. The standard InChI is InChI=1S/C17H31N3O/c1-13(2)11-18-12-17(7-9-21-15(17)5)10-16-6-8-20(19-16)14(3)4/h6,8,13-15,18H,7,9-12H2,1-5H3. The molecule has 1 fully saturated rings. The van der Waals surface area contributed by atoms with Crippen LogP contribution < -0.4 is 5.32 Å². The summed E-state index contributed by atoms with van der Waals surface area (Å²) in [5.41, 5.74) is 1.37. The first-order valence-electron chi connectivity index (χ1n) is 8.29. The molecule has 21 heavy (non-hydrogen) atoms. The Morgan fingerprint density at radius 2 is 2.19 bits per heavy atom. The van der Waals surface area contributed by atoms with Gasteiger partial charge in [-0.15, -0.1) is 0 Å². The fraction of sp³-hybridized carbons (Fsp3) is 0.824. The van der Waals surface area contributed by atoms with E-state index in [2.05, 4.69) is 52.2 Å². The van der Waals surface area contributed by atoms with E-state index in [-0.39, 0.29) is 5.41 Å². The molecule has 2 unspecified atom stereocenters. The lowest BCUT2D eigenvalue weighted by molar-refractivity contribution is 0.0621. The van der Waals surface area contributed by atoms with Gasteiger partial charge < -0.3 is 10.1 Å². The third kappa shape index (κ3) is 4.07. The second-order valence-electron chi connectivity index (χ2n) is 7.21. The van der Waals surface area contributed by atoms with Crippen LogP contribution in [0.25, 0.3) is 0 Å². The van der Waals surface area contributed by atoms with Crippen molar-refractivity contribution in [2.45, 2.75) is 59.6 Å². The molecule has 1 aliphatic heterocycles. The van der Waals surface area contributed by atoms with E-state index < -0.39 is 0 Å². The van der Waals surface area contributed by atoms with Crippen LogP contribution in [0.4, 0.5) is 0 Å². The Kier molecular flexibility index (Phi) is 5.44. The van der Waals surface area contributed by atoms with Gasteiger partial charge in [-0.1, -0.05) is 13.8 Å². The van der Waals surface area contributed by atoms with E-state index in [1.165, 1.54) is 5.69 Å². The van der Waals surface area contributed by atoms with Gasteiger partial charge in [-0.2, -0.15) is 5.10 Å². The molecule has 0 saturated carbocycles. The summed E-state index contributed by atoms with van der Waals surface area (Å²) >= 11 is 0. The third-order valence-corrected chi connectivity index (χ3v) is 4.59. The van der Waals surface area contributed by atoms with Crippen molar-refractivity contribution >= 4 is 0 Å². The fourth-order valence-electron chi connectivity index (χ4n) is 3.08. The molecule has 0 aliphatic carbocycles. The van der Waals surface area contributed by atoms with Gasteiger partial charge in [0.2, 0.25) is 0 Å². The molecule has 2 rings (SSSR count). The highest BCUT2D eigenvalue weighted by atomic mass is 16.5. The number of nitrogens with one attached hydrogen (secondary N) is 1. The Balaban J connectivity index is 2.05. The normalized spacial score (nSPS) is 26.1. The first-order valence-corrected chi connectivity index (χ1v) is 8.29. The lowest BCUT2D eigenvalue weighted by atomic mass is 9.77. The summed E-state index contributed by atoms with van der Waals surface area (Å²) < 4.78 is 7.92. The first kappa shape index (κ1) is 16.5. The molecule has 2 heterocycles. The molecule has 2 atom stereocenters. The summed E-state index contributed by atoms with van der Waals surface area (Å²) in [6, 6.07) is 2.58. The molecule has 1 aliphatic rings. The molecule has 0 radical (unpaired) electrons. The van der Waals surface area contributed by atoms with Crippen LogP contribution in [0.3, 0.4) is 0 Å². The van der Waals surface area contributed by atoms with Crippen molar-refractivity contribution in [3.63, 3.8) is 0 Å². The number of rotatable bonds is 7. The summed E-state index contributed by atoms with van der Waals surface area (Å²) in [5, 5.41) is 8.36. The van der Waals surface area contributed by atoms with E-state index in [1.54, 1.807) is 0 Å². The first-order chi connectivity index (χ1) is 9.93. The Bertz CT molecular complexity index is 441. The molecule has 1 aromatic heterocycles. The maximum atomic E-state index is 5.88. The van der Waals surface area contributed by atoms with Gasteiger partial charge in [0.05, 0.1) is 11.8 Å². The Morgan fingerprint density at radius 3 is 2.71 bits per heavy atom. The predicted molar refractivity (Wildman–Crippen MR) is 86.5 cm³/mol. The quantitative estimate of drug-likeness (QED) is 0.840. The summed E-state index contributed by atoms with van der Waals surface area (Å²) in [6.45, 7) is 14.0. The summed E-state index contributed by atoms with van der Waals surface area (Å²) in [4.78, 5) is 0. The topological polar surface area (TPSA) is 39.1 Å². The molecule has 4 heteroatoms. The monoisotopic (exact) mass is 293 g/mol. The van der Waals surface area contributed by atoms with Gasteiger partial charge in [0, 0.05) is 37.2 Å². The SMILES string of the molecule is CC(C)CNCC1(Cc2ccn(C(C)C)n2)CCOC1C. The van der Waals surface area contributed by atoms with Crippen LogP contribution >= 0.6 is 0 Å². The van der Waals surface area contributed by atoms with Crippen molar-refractivity contribution in [2.75, 3.05) is 19.7 Å². The maximum Gasteiger partial charge on any atom is 0.0631 e. The minimum absolute atomic E-state index is 0.186. The van der Waals surface area contributed by atoms with Gasteiger partial charge in [0.25, 0.3) is 0 Å². The number of nitrogens with zero attached hydrogens (tertiary/aromatic N) is 2. The van der Waals surface area contributed by atoms with E-state index in [4.69, 9.17) is 9.84 Å². The predicted octanol–water partition coefficient (Wildman–Crippen LogP) is 3.05. The van der Waals surface area contributed by atoms with Crippen LogP contribution in [0.15, 0.2) is 12.3 Å². The van der Waals surface area contributed by atoms with Gasteiger partial charge in [-0.05, 0) is 45.7 Å². The van der Waals surface area contributed by atoms with E-state index in [9.17, 15) is 0 Å². The molecule has 0 bridgehead atoms. The minimum atomic E-state index is 0.186. The average molecular weight is 293 g/mol.